The number of hydrogen-bond acceptors (Lipinski definition) is 6. The molecule has 1 heterocycles. The molecule has 1 aliphatic heterocycles. The number of nitrogens with zero attached hydrogens (tertiary/aromatic N) is 2. The molecule has 1 aliphatic rings. The number of hydrogen-bond donors (Lipinski definition) is 3. The Morgan fingerprint density at radius 2 is 2.10 bits per heavy atom. The van der Waals surface area contributed by atoms with Crippen molar-refractivity contribution >= 4 is 29.1 Å². The second-order valence-corrected chi connectivity index (χ2v) is 8.22. The Morgan fingerprint density at radius 1 is 1.43 bits per heavy atom. The second kappa shape index (κ2) is 9.24. The first-order valence-corrected chi connectivity index (χ1v) is 9.49. The number of nitrogens with one attached hydrogen (secondary N) is 2. The molecular formula is C19H27FN4O6. The van der Waals surface area contributed by atoms with Gasteiger partial charge in [0.2, 0.25) is 5.91 Å². The van der Waals surface area contributed by atoms with Crippen LogP contribution in [0.2, 0.25) is 0 Å². The summed E-state index contributed by atoms with van der Waals surface area (Å²) in [6, 6.07) is 0.900. The summed E-state index contributed by atoms with van der Waals surface area (Å²) in [7, 11) is 1.30. The van der Waals surface area contributed by atoms with Crippen molar-refractivity contribution in [3.63, 3.8) is 0 Å². The first-order chi connectivity index (χ1) is 14.0. The standard InChI is InChI=1S/C19H27FN4O6/c1-19(2,3)17(22-18(26)27)13-6-5-9-23(13)16-12(24(28)29)8-7-11(20)15(16)21-14(25)10-30-4/h7-8,13,17,22H,5-6,9-10H2,1-4H3,(H,21,25)(H,26,27). The van der Waals surface area contributed by atoms with Crippen LogP contribution in [-0.2, 0) is 9.53 Å². The minimum Gasteiger partial charge on any atom is -0.465 e. The fraction of sp³-hybridized carbons (Fsp3) is 0.579. The van der Waals surface area contributed by atoms with Crippen LogP contribution in [0.4, 0.5) is 26.2 Å². The third kappa shape index (κ3) is 5.15. The SMILES string of the molecule is COCC(=O)Nc1c(F)ccc([N+](=O)[O-])c1N1CCCC1C(NC(=O)O)C(C)(C)C. The highest BCUT2D eigenvalue weighted by Crippen LogP contribution is 2.43. The molecule has 0 aliphatic carbocycles. The van der Waals surface area contributed by atoms with E-state index in [-0.39, 0.29) is 23.7 Å². The monoisotopic (exact) mass is 426 g/mol. The van der Waals surface area contributed by atoms with Crippen LogP contribution in [0.15, 0.2) is 12.1 Å². The molecule has 1 aromatic rings. The van der Waals surface area contributed by atoms with E-state index in [9.17, 15) is 29.2 Å². The van der Waals surface area contributed by atoms with Crippen LogP contribution < -0.4 is 15.5 Å². The zero-order chi connectivity index (χ0) is 22.6. The molecule has 0 bridgehead atoms. The zero-order valence-corrected chi connectivity index (χ0v) is 17.4. The zero-order valence-electron chi connectivity index (χ0n) is 17.4. The lowest BCUT2D eigenvalue weighted by Gasteiger charge is -2.40. The van der Waals surface area contributed by atoms with E-state index >= 15 is 0 Å². The van der Waals surface area contributed by atoms with Gasteiger partial charge in [-0.25, -0.2) is 9.18 Å². The molecule has 30 heavy (non-hydrogen) atoms. The number of ether oxygens (including phenoxy) is 1. The molecule has 0 aromatic heterocycles. The normalized spacial score (nSPS) is 17.5. The number of carboxylic acid groups (broad SMARTS) is 1. The fourth-order valence-electron chi connectivity index (χ4n) is 3.86. The minimum atomic E-state index is -1.22. The van der Waals surface area contributed by atoms with Gasteiger partial charge in [0.15, 0.2) is 0 Å². The summed E-state index contributed by atoms with van der Waals surface area (Å²) in [4.78, 5) is 36.1. The molecule has 1 fully saturated rings. The predicted octanol–water partition coefficient (Wildman–Crippen LogP) is 2.97. The molecule has 2 rings (SSSR count). The van der Waals surface area contributed by atoms with E-state index in [0.29, 0.717) is 19.4 Å². The quantitative estimate of drug-likeness (QED) is 0.451. The van der Waals surface area contributed by atoms with Crippen molar-refractivity contribution in [2.45, 2.75) is 45.7 Å². The number of carbonyl (C=O) groups excluding carboxylic acids is 1. The van der Waals surface area contributed by atoms with Crippen LogP contribution in [0.5, 0.6) is 0 Å². The number of methoxy groups -OCH3 is 1. The number of anilines is 2. The molecule has 0 radical (unpaired) electrons. The average molecular weight is 426 g/mol. The minimum absolute atomic E-state index is 0.0756. The summed E-state index contributed by atoms with van der Waals surface area (Å²) in [5, 5.41) is 25.9. The van der Waals surface area contributed by atoms with Gasteiger partial charge in [-0.3, -0.25) is 14.9 Å². The maximum Gasteiger partial charge on any atom is 0.404 e. The van der Waals surface area contributed by atoms with Gasteiger partial charge in [-0.2, -0.15) is 0 Å². The van der Waals surface area contributed by atoms with Gasteiger partial charge in [0.05, 0.1) is 17.0 Å². The Hall–Kier alpha value is -2.95. The summed E-state index contributed by atoms with van der Waals surface area (Å²) in [6.07, 6.45) is -0.0527. The number of rotatable bonds is 7. The highest BCUT2D eigenvalue weighted by molar-refractivity contribution is 5.97. The maximum absolute atomic E-state index is 14.7. The number of carbonyl (C=O) groups is 2. The smallest absolute Gasteiger partial charge is 0.404 e. The summed E-state index contributed by atoms with van der Waals surface area (Å²) in [6.45, 7) is 5.55. The summed E-state index contributed by atoms with van der Waals surface area (Å²) in [5.41, 5.74) is -1.29. The molecule has 2 amide bonds. The largest absolute Gasteiger partial charge is 0.465 e. The first-order valence-electron chi connectivity index (χ1n) is 9.49. The predicted molar refractivity (Wildman–Crippen MR) is 108 cm³/mol. The van der Waals surface area contributed by atoms with Gasteiger partial charge in [-0.15, -0.1) is 0 Å². The summed E-state index contributed by atoms with van der Waals surface area (Å²) >= 11 is 0. The number of benzene rings is 1. The highest BCUT2D eigenvalue weighted by atomic mass is 19.1. The van der Waals surface area contributed by atoms with Crippen LogP contribution in [0.25, 0.3) is 0 Å². The van der Waals surface area contributed by atoms with Gasteiger partial charge in [0.25, 0.3) is 5.69 Å². The molecule has 1 aromatic carbocycles. The average Bonchev–Trinajstić information content (AvgIpc) is 3.08. The van der Waals surface area contributed by atoms with Crippen molar-refractivity contribution in [3.8, 4) is 0 Å². The molecule has 166 valence electrons. The molecule has 2 unspecified atom stereocenters. The Balaban J connectivity index is 2.61. The highest BCUT2D eigenvalue weighted by Gasteiger charge is 2.42. The van der Waals surface area contributed by atoms with Gasteiger partial charge in [0, 0.05) is 19.7 Å². The van der Waals surface area contributed by atoms with E-state index in [1.807, 2.05) is 20.8 Å². The van der Waals surface area contributed by atoms with Crippen molar-refractivity contribution in [3.05, 3.63) is 28.1 Å². The molecule has 10 nitrogen and oxygen atoms in total. The Morgan fingerprint density at radius 3 is 2.63 bits per heavy atom. The van der Waals surface area contributed by atoms with Gasteiger partial charge < -0.3 is 25.4 Å². The van der Waals surface area contributed by atoms with Gasteiger partial charge in [-0.05, 0) is 24.3 Å². The maximum atomic E-state index is 14.7. The summed E-state index contributed by atoms with van der Waals surface area (Å²) in [5.74, 6) is -1.49. The van der Waals surface area contributed by atoms with Gasteiger partial charge >= 0.3 is 6.09 Å². The van der Waals surface area contributed by atoms with E-state index in [1.54, 1.807) is 4.90 Å². The molecule has 1 saturated heterocycles. The van der Waals surface area contributed by atoms with Crippen molar-refractivity contribution < 1.29 is 28.7 Å². The van der Waals surface area contributed by atoms with Crippen molar-refractivity contribution in [1.82, 2.24) is 5.32 Å². The number of nitro benzene ring substituents is 1. The van der Waals surface area contributed by atoms with Gasteiger partial charge in [0.1, 0.15) is 23.8 Å². The van der Waals surface area contributed by atoms with Crippen molar-refractivity contribution in [2.24, 2.45) is 5.41 Å². The molecule has 2 atom stereocenters. The van der Waals surface area contributed by atoms with E-state index in [1.165, 1.54) is 7.11 Å². The molecule has 3 N–H and O–H groups in total. The lowest BCUT2D eigenvalue weighted by molar-refractivity contribution is -0.384. The van der Waals surface area contributed by atoms with E-state index in [4.69, 9.17) is 4.74 Å². The van der Waals surface area contributed by atoms with E-state index in [2.05, 4.69) is 10.6 Å². The first kappa shape index (κ1) is 23.3. The Labute approximate surface area is 173 Å². The van der Waals surface area contributed by atoms with Crippen LogP contribution in [0, 0.1) is 21.3 Å². The van der Waals surface area contributed by atoms with Crippen molar-refractivity contribution in [1.29, 1.82) is 0 Å². The number of amides is 2. The van der Waals surface area contributed by atoms with Crippen LogP contribution in [-0.4, -0.2) is 54.4 Å². The summed E-state index contributed by atoms with van der Waals surface area (Å²) < 4.78 is 19.5. The topological polar surface area (TPSA) is 134 Å². The van der Waals surface area contributed by atoms with Crippen LogP contribution >= 0.6 is 0 Å². The lowest BCUT2D eigenvalue weighted by Crippen LogP contribution is -2.55. The van der Waals surface area contributed by atoms with E-state index in [0.717, 1.165) is 12.1 Å². The Bertz CT molecular complexity index is 826. The molecule has 0 saturated carbocycles. The lowest BCUT2D eigenvalue weighted by atomic mass is 9.81. The van der Waals surface area contributed by atoms with Gasteiger partial charge in [-0.1, -0.05) is 20.8 Å². The third-order valence-electron chi connectivity index (χ3n) is 5.03. The number of halogens is 1. The second-order valence-electron chi connectivity index (χ2n) is 8.22. The van der Waals surface area contributed by atoms with E-state index < -0.39 is 40.2 Å². The Kier molecular flexibility index (Phi) is 7.19. The molecular weight excluding hydrogens is 399 g/mol. The fourth-order valence-corrected chi connectivity index (χ4v) is 3.86. The third-order valence-corrected chi connectivity index (χ3v) is 5.03. The molecule has 11 heteroatoms. The van der Waals surface area contributed by atoms with Crippen LogP contribution in [0.3, 0.4) is 0 Å². The van der Waals surface area contributed by atoms with Crippen molar-refractivity contribution in [2.75, 3.05) is 30.5 Å². The molecule has 0 spiro atoms. The number of nitro groups is 1. The van der Waals surface area contributed by atoms with Crippen LogP contribution in [0.1, 0.15) is 33.6 Å².